The van der Waals surface area contributed by atoms with Crippen LogP contribution in [0.2, 0.25) is 0 Å². The molecular weight excluding hydrogens is 236 g/mol. The van der Waals surface area contributed by atoms with Crippen molar-refractivity contribution in [1.29, 1.82) is 0 Å². The minimum absolute atomic E-state index is 0.214. The van der Waals surface area contributed by atoms with Crippen molar-refractivity contribution < 1.29 is 4.74 Å². The summed E-state index contributed by atoms with van der Waals surface area (Å²) in [6.07, 6.45) is 6.67. The second-order valence-electron chi connectivity index (χ2n) is 6.87. The molecule has 2 N–H and O–H groups in total. The van der Waals surface area contributed by atoms with Gasteiger partial charge in [-0.2, -0.15) is 0 Å². The second-order valence-corrected chi connectivity index (χ2v) is 6.87. The third-order valence-electron chi connectivity index (χ3n) is 5.47. The molecule has 2 rings (SSSR count). The van der Waals surface area contributed by atoms with Crippen LogP contribution >= 0.6 is 0 Å². The molecule has 2 fully saturated rings. The Balaban J connectivity index is 2.01. The number of nitrogens with two attached hydrogens (primary N) is 1. The molecule has 0 aromatic rings. The van der Waals surface area contributed by atoms with Crippen molar-refractivity contribution in [1.82, 2.24) is 4.90 Å². The van der Waals surface area contributed by atoms with E-state index in [1.54, 1.807) is 0 Å². The zero-order valence-corrected chi connectivity index (χ0v) is 13.0. The first-order valence-corrected chi connectivity index (χ1v) is 8.18. The van der Waals surface area contributed by atoms with Crippen LogP contribution in [0.15, 0.2) is 0 Å². The lowest BCUT2D eigenvalue weighted by Gasteiger charge is -2.51. The van der Waals surface area contributed by atoms with E-state index in [1.807, 2.05) is 0 Å². The summed E-state index contributed by atoms with van der Waals surface area (Å²) in [6.45, 7) is 11.0. The van der Waals surface area contributed by atoms with Crippen molar-refractivity contribution in [3.05, 3.63) is 0 Å². The topological polar surface area (TPSA) is 38.5 Å². The number of hydrogen-bond donors (Lipinski definition) is 1. The maximum atomic E-state index is 6.20. The summed E-state index contributed by atoms with van der Waals surface area (Å²) < 4.78 is 5.95. The van der Waals surface area contributed by atoms with Gasteiger partial charge in [-0.25, -0.2) is 0 Å². The van der Waals surface area contributed by atoms with E-state index < -0.39 is 0 Å². The molecule has 3 nitrogen and oxygen atoms in total. The van der Waals surface area contributed by atoms with Gasteiger partial charge in [-0.15, -0.1) is 0 Å². The number of nitrogens with zero attached hydrogens (tertiary/aromatic N) is 1. The van der Waals surface area contributed by atoms with Gasteiger partial charge in [-0.3, -0.25) is 4.90 Å². The summed E-state index contributed by atoms with van der Waals surface area (Å²) in [5.41, 5.74) is 6.42. The molecule has 0 saturated carbocycles. The SMILES string of the molecule is CCC1CCN(C2(CN)CCOC(C(C)C)C2)CC1. The van der Waals surface area contributed by atoms with Crippen LogP contribution in [0.3, 0.4) is 0 Å². The number of ether oxygens (including phenoxy) is 1. The Bertz CT molecular complexity index is 274. The van der Waals surface area contributed by atoms with Crippen molar-refractivity contribution in [3.63, 3.8) is 0 Å². The normalized spacial score (nSPS) is 34.9. The summed E-state index contributed by atoms with van der Waals surface area (Å²) in [5, 5.41) is 0. The molecule has 2 aliphatic heterocycles. The highest BCUT2D eigenvalue weighted by atomic mass is 16.5. The van der Waals surface area contributed by atoms with Gasteiger partial charge < -0.3 is 10.5 Å². The molecule has 0 aromatic carbocycles. The summed E-state index contributed by atoms with van der Waals surface area (Å²) in [6, 6.07) is 0. The molecule has 112 valence electrons. The first-order chi connectivity index (χ1) is 9.11. The number of likely N-dealkylation sites (tertiary alicyclic amines) is 1. The molecule has 0 amide bonds. The van der Waals surface area contributed by atoms with E-state index in [-0.39, 0.29) is 5.54 Å². The smallest absolute Gasteiger partial charge is 0.0616 e. The molecule has 3 heteroatoms. The first-order valence-electron chi connectivity index (χ1n) is 8.18. The Morgan fingerprint density at radius 1 is 1.32 bits per heavy atom. The van der Waals surface area contributed by atoms with Crippen molar-refractivity contribution in [2.45, 2.75) is 64.5 Å². The van der Waals surface area contributed by atoms with Crippen LogP contribution in [-0.2, 0) is 4.74 Å². The monoisotopic (exact) mass is 268 g/mol. The van der Waals surface area contributed by atoms with Crippen LogP contribution in [0.1, 0.15) is 52.9 Å². The van der Waals surface area contributed by atoms with Crippen LogP contribution in [0.25, 0.3) is 0 Å². The van der Waals surface area contributed by atoms with Gasteiger partial charge in [0, 0.05) is 18.7 Å². The molecule has 2 atom stereocenters. The average Bonchev–Trinajstić information content (AvgIpc) is 2.47. The molecule has 19 heavy (non-hydrogen) atoms. The summed E-state index contributed by atoms with van der Waals surface area (Å²) >= 11 is 0. The highest BCUT2D eigenvalue weighted by Crippen LogP contribution is 2.36. The summed E-state index contributed by atoms with van der Waals surface area (Å²) in [5.74, 6) is 1.53. The summed E-state index contributed by atoms with van der Waals surface area (Å²) in [7, 11) is 0. The van der Waals surface area contributed by atoms with Crippen LogP contribution < -0.4 is 5.73 Å². The lowest BCUT2D eigenvalue weighted by molar-refractivity contribution is -0.0941. The number of piperidine rings is 1. The molecule has 0 aliphatic carbocycles. The maximum Gasteiger partial charge on any atom is 0.0616 e. The Kier molecular flexibility index (Phi) is 5.27. The molecule has 0 radical (unpaired) electrons. The van der Waals surface area contributed by atoms with Crippen molar-refractivity contribution >= 4 is 0 Å². The Labute approximate surface area is 118 Å². The fourth-order valence-electron chi connectivity index (χ4n) is 3.78. The Hall–Kier alpha value is -0.120. The molecule has 2 saturated heterocycles. The Morgan fingerprint density at radius 2 is 2.00 bits per heavy atom. The van der Waals surface area contributed by atoms with Gasteiger partial charge in [0.25, 0.3) is 0 Å². The van der Waals surface area contributed by atoms with E-state index in [9.17, 15) is 0 Å². The Morgan fingerprint density at radius 3 is 2.53 bits per heavy atom. The lowest BCUT2D eigenvalue weighted by atomic mass is 9.79. The molecular formula is C16H32N2O. The zero-order valence-electron chi connectivity index (χ0n) is 13.0. The van der Waals surface area contributed by atoms with Crippen LogP contribution in [0.5, 0.6) is 0 Å². The molecule has 0 spiro atoms. The van der Waals surface area contributed by atoms with Gasteiger partial charge in [0.05, 0.1) is 6.10 Å². The van der Waals surface area contributed by atoms with E-state index >= 15 is 0 Å². The fourth-order valence-corrected chi connectivity index (χ4v) is 3.78. The van der Waals surface area contributed by atoms with Gasteiger partial charge >= 0.3 is 0 Å². The second kappa shape index (κ2) is 6.55. The van der Waals surface area contributed by atoms with E-state index in [1.165, 1.54) is 32.4 Å². The molecule has 2 heterocycles. The van der Waals surface area contributed by atoms with E-state index in [0.29, 0.717) is 12.0 Å². The maximum absolute atomic E-state index is 6.20. The standard InChI is InChI=1S/C16H32N2O/c1-4-14-5-8-18(9-6-14)16(12-17)7-10-19-15(11-16)13(2)3/h13-15H,4-12,17H2,1-3H3. The average molecular weight is 268 g/mol. The van der Waals surface area contributed by atoms with Gasteiger partial charge in [-0.05, 0) is 50.6 Å². The van der Waals surface area contributed by atoms with E-state index in [2.05, 4.69) is 25.7 Å². The predicted octanol–water partition coefficient (Wildman–Crippen LogP) is 2.64. The van der Waals surface area contributed by atoms with E-state index in [0.717, 1.165) is 31.9 Å². The zero-order chi connectivity index (χ0) is 13.9. The van der Waals surface area contributed by atoms with Gasteiger partial charge in [0.15, 0.2) is 0 Å². The fraction of sp³-hybridized carbons (Fsp3) is 1.00. The molecule has 0 bridgehead atoms. The minimum Gasteiger partial charge on any atom is -0.378 e. The van der Waals surface area contributed by atoms with Gasteiger partial charge in [0.2, 0.25) is 0 Å². The van der Waals surface area contributed by atoms with E-state index in [4.69, 9.17) is 10.5 Å². The van der Waals surface area contributed by atoms with Gasteiger partial charge in [-0.1, -0.05) is 27.2 Å². The molecule has 2 aliphatic rings. The van der Waals surface area contributed by atoms with Crippen molar-refractivity contribution in [2.24, 2.45) is 17.6 Å². The number of rotatable bonds is 4. The molecule has 0 aromatic heterocycles. The summed E-state index contributed by atoms with van der Waals surface area (Å²) in [4.78, 5) is 2.69. The van der Waals surface area contributed by atoms with Crippen molar-refractivity contribution in [2.75, 3.05) is 26.2 Å². The quantitative estimate of drug-likeness (QED) is 0.852. The van der Waals surface area contributed by atoms with Crippen LogP contribution in [0, 0.1) is 11.8 Å². The minimum atomic E-state index is 0.214. The lowest BCUT2D eigenvalue weighted by Crippen LogP contribution is -2.60. The van der Waals surface area contributed by atoms with Crippen LogP contribution in [-0.4, -0.2) is 42.8 Å². The van der Waals surface area contributed by atoms with Gasteiger partial charge in [0.1, 0.15) is 0 Å². The highest BCUT2D eigenvalue weighted by molar-refractivity contribution is 4.98. The van der Waals surface area contributed by atoms with Crippen molar-refractivity contribution in [3.8, 4) is 0 Å². The molecule has 2 unspecified atom stereocenters. The third-order valence-corrected chi connectivity index (χ3v) is 5.47. The van der Waals surface area contributed by atoms with Crippen LogP contribution in [0.4, 0.5) is 0 Å². The predicted molar refractivity (Wildman–Crippen MR) is 80.2 cm³/mol. The largest absolute Gasteiger partial charge is 0.378 e. The first kappa shape index (κ1) is 15.3. The third kappa shape index (κ3) is 3.32. The highest BCUT2D eigenvalue weighted by Gasteiger charge is 2.42. The number of hydrogen-bond acceptors (Lipinski definition) is 3.